The second kappa shape index (κ2) is 5.87. The minimum atomic E-state index is -0.778. The lowest BCUT2D eigenvalue weighted by Gasteiger charge is -2.51. The maximum absolute atomic E-state index is 14.6. The first kappa shape index (κ1) is 15.9. The lowest BCUT2D eigenvalue weighted by molar-refractivity contribution is 0.0350. The van der Waals surface area contributed by atoms with E-state index >= 15 is 0 Å². The first-order valence-corrected chi connectivity index (χ1v) is 9.15. The van der Waals surface area contributed by atoms with Crippen LogP contribution in [0.2, 0.25) is 0 Å². The van der Waals surface area contributed by atoms with E-state index in [9.17, 15) is 8.78 Å². The van der Waals surface area contributed by atoms with Crippen molar-refractivity contribution in [2.24, 2.45) is 5.92 Å². The molecule has 5 nitrogen and oxygen atoms in total. The predicted octanol–water partition coefficient (Wildman–Crippen LogP) is 2.40. The molecule has 26 heavy (non-hydrogen) atoms. The highest BCUT2D eigenvalue weighted by Crippen LogP contribution is 2.48. The molecule has 2 bridgehead atoms. The fourth-order valence-corrected chi connectivity index (χ4v) is 5.28. The van der Waals surface area contributed by atoms with Crippen LogP contribution in [-0.4, -0.2) is 46.6 Å². The van der Waals surface area contributed by atoms with E-state index in [1.807, 2.05) is 0 Å². The Morgan fingerprint density at radius 1 is 1.08 bits per heavy atom. The van der Waals surface area contributed by atoms with E-state index in [4.69, 9.17) is 5.73 Å². The number of fused-ring (bicyclic) bond motifs is 2. The van der Waals surface area contributed by atoms with Crippen LogP contribution in [0.1, 0.15) is 24.3 Å². The normalized spacial score (nSPS) is 32.7. The quantitative estimate of drug-likeness (QED) is 0.894. The maximum Gasteiger partial charge on any atom is 0.162 e. The topological polar surface area (TPSA) is 58.3 Å². The summed E-state index contributed by atoms with van der Waals surface area (Å²) in [6.07, 6.45) is 3.74. The Labute approximate surface area is 150 Å². The number of hydrogen-bond acceptors (Lipinski definition) is 5. The van der Waals surface area contributed by atoms with Gasteiger partial charge in [0.15, 0.2) is 11.6 Å². The van der Waals surface area contributed by atoms with E-state index in [-0.39, 0.29) is 18.0 Å². The van der Waals surface area contributed by atoms with Crippen LogP contribution in [0, 0.1) is 17.6 Å². The molecule has 0 aliphatic carbocycles. The summed E-state index contributed by atoms with van der Waals surface area (Å²) in [6, 6.07) is 6.71. The molecular formula is C19H21F2N5. The maximum atomic E-state index is 14.6. The number of halogens is 2. The van der Waals surface area contributed by atoms with Crippen LogP contribution in [0.4, 0.5) is 20.4 Å². The van der Waals surface area contributed by atoms with E-state index in [1.54, 1.807) is 18.2 Å². The van der Waals surface area contributed by atoms with Gasteiger partial charge < -0.3 is 10.6 Å². The molecule has 3 atom stereocenters. The number of nitrogens with zero attached hydrogens (tertiary/aromatic N) is 4. The SMILES string of the molecule is Nc1cc(N2C[C@H](c3cccc(F)c3F)[C@@H]3[C@H]2C2CCN3CC2)ncn1. The standard InChI is InChI=1S/C19H21F2N5/c20-14-3-1-2-12(17(14)21)13-9-26(16-8-15(22)23-10-24-16)18-11-4-6-25(7-5-11)19(13)18/h1-3,8,10-11,13,18-19H,4-7,9H2,(H2,22,23,24)/t13-,18-,19-/m1/s1. The molecule has 0 spiro atoms. The molecule has 4 aliphatic heterocycles. The zero-order chi connectivity index (χ0) is 17.8. The van der Waals surface area contributed by atoms with E-state index < -0.39 is 11.6 Å². The summed E-state index contributed by atoms with van der Waals surface area (Å²) in [4.78, 5) is 13.1. The molecule has 136 valence electrons. The molecule has 4 fully saturated rings. The van der Waals surface area contributed by atoms with Crippen molar-refractivity contribution in [3.8, 4) is 0 Å². The molecule has 6 rings (SSSR count). The second-order valence-corrected chi connectivity index (χ2v) is 7.56. The largest absolute Gasteiger partial charge is 0.384 e. The van der Waals surface area contributed by atoms with Crippen LogP contribution in [0.25, 0.3) is 0 Å². The monoisotopic (exact) mass is 357 g/mol. The van der Waals surface area contributed by atoms with Gasteiger partial charge in [0.2, 0.25) is 0 Å². The summed E-state index contributed by atoms with van der Waals surface area (Å²) >= 11 is 0. The molecule has 0 radical (unpaired) electrons. The Morgan fingerprint density at radius 2 is 1.88 bits per heavy atom. The lowest BCUT2D eigenvalue weighted by atomic mass is 9.75. The van der Waals surface area contributed by atoms with Crippen LogP contribution in [0.3, 0.4) is 0 Å². The molecule has 7 heteroatoms. The van der Waals surface area contributed by atoms with Gasteiger partial charge in [-0.1, -0.05) is 12.1 Å². The molecule has 1 aromatic heterocycles. The average molecular weight is 357 g/mol. The minimum Gasteiger partial charge on any atom is -0.384 e. The second-order valence-electron chi connectivity index (χ2n) is 7.56. The molecule has 1 aromatic carbocycles. The molecule has 2 N–H and O–H groups in total. The zero-order valence-electron chi connectivity index (χ0n) is 14.4. The van der Waals surface area contributed by atoms with Crippen molar-refractivity contribution in [1.29, 1.82) is 0 Å². The molecule has 4 saturated heterocycles. The zero-order valence-corrected chi connectivity index (χ0v) is 14.4. The van der Waals surface area contributed by atoms with Gasteiger partial charge in [0.25, 0.3) is 0 Å². The third-order valence-electron chi connectivity index (χ3n) is 6.34. The third kappa shape index (κ3) is 2.30. The summed E-state index contributed by atoms with van der Waals surface area (Å²) in [6.45, 7) is 2.66. The average Bonchev–Trinajstić information content (AvgIpc) is 3.08. The number of nitrogen functional groups attached to an aromatic ring is 1. The Bertz CT molecular complexity index is 836. The van der Waals surface area contributed by atoms with Gasteiger partial charge in [-0.2, -0.15) is 0 Å². The van der Waals surface area contributed by atoms with Crippen molar-refractivity contribution >= 4 is 11.6 Å². The lowest BCUT2D eigenvalue weighted by Crippen LogP contribution is -2.60. The molecule has 4 aliphatic rings. The first-order chi connectivity index (χ1) is 12.6. The fraction of sp³-hybridized carbons (Fsp3) is 0.474. The van der Waals surface area contributed by atoms with Gasteiger partial charge >= 0.3 is 0 Å². The molecule has 5 heterocycles. The van der Waals surface area contributed by atoms with Gasteiger partial charge in [-0.25, -0.2) is 18.7 Å². The molecule has 2 aromatic rings. The third-order valence-corrected chi connectivity index (χ3v) is 6.34. The number of rotatable bonds is 2. The van der Waals surface area contributed by atoms with E-state index in [1.165, 1.54) is 12.4 Å². The molecule has 0 saturated carbocycles. The highest BCUT2D eigenvalue weighted by molar-refractivity contribution is 5.51. The van der Waals surface area contributed by atoms with E-state index in [2.05, 4.69) is 19.8 Å². The van der Waals surface area contributed by atoms with Crippen molar-refractivity contribution in [1.82, 2.24) is 14.9 Å². The highest BCUT2D eigenvalue weighted by Gasteiger charge is 2.54. The summed E-state index contributed by atoms with van der Waals surface area (Å²) in [7, 11) is 0. The first-order valence-electron chi connectivity index (χ1n) is 9.15. The Kier molecular flexibility index (Phi) is 3.60. The Hall–Kier alpha value is -2.28. The summed E-state index contributed by atoms with van der Waals surface area (Å²) < 4.78 is 28.5. The van der Waals surface area contributed by atoms with Crippen molar-refractivity contribution in [2.75, 3.05) is 30.3 Å². The van der Waals surface area contributed by atoms with Gasteiger partial charge in [0.05, 0.1) is 0 Å². The number of aromatic nitrogens is 2. The fourth-order valence-electron chi connectivity index (χ4n) is 5.28. The highest BCUT2D eigenvalue weighted by atomic mass is 19.2. The number of hydrogen-bond donors (Lipinski definition) is 1. The Morgan fingerprint density at radius 3 is 2.65 bits per heavy atom. The van der Waals surface area contributed by atoms with Gasteiger partial charge in [0.1, 0.15) is 18.0 Å². The Balaban J connectivity index is 1.60. The van der Waals surface area contributed by atoms with Gasteiger partial charge in [-0.05, 0) is 43.5 Å². The predicted molar refractivity (Wildman–Crippen MR) is 94.8 cm³/mol. The van der Waals surface area contributed by atoms with Crippen LogP contribution >= 0.6 is 0 Å². The van der Waals surface area contributed by atoms with E-state index in [0.717, 1.165) is 31.7 Å². The molecule has 0 amide bonds. The number of piperidine rings is 3. The molecule has 0 unspecified atom stereocenters. The van der Waals surface area contributed by atoms with Crippen molar-refractivity contribution in [2.45, 2.75) is 30.8 Å². The van der Waals surface area contributed by atoms with Crippen LogP contribution in [-0.2, 0) is 0 Å². The smallest absolute Gasteiger partial charge is 0.162 e. The van der Waals surface area contributed by atoms with E-state index in [0.29, 0.717) is 23.8 Å². The van der Waals surface area contributed by atoms with Crippen LogP contribution in [0.15, 0.2) is 30.6 Å². The molecular weight excluding hydrogens is 336 g/mol. The summed E-state index contributed by atoms with van der Waals surface area (Å²) in [5.41, 5.74) is 6.33. The van der Waals surface area contributed by atoms with Crippen LogP contribution < -0.4 is 10.6 Å². The number of benzene rings is 1. The van der Waals surface area contributed by atoms with Gasteiger partial charge in [-0.15, -0.1) is 0 Å². The van der Waals surface area contributed by atoms with Crippen molar-refractivity contribution in [3.63, 3.8) is 0 Å². The number of nitrogens with two attached hydrogens (primary N) is 1. The van der Waals surface area contributed by atoms with Gasteiger partial charge in [-0.3, -0.25) is 4.90 Å². The summed E-state index contributed by atoms with van der Waals surface area (Å²) in [5.74, 6) is 0.161. The van der Waals surface area contributed by atoms with Crippen molar-refractivity contribution in [3.05, 3.63) is 47.8 Å². The van der Waals surface area contributed by atoms with Crippen LogP contribution in [0.5, 0.6) is 0 Å². The van der Waals surface area contributed by atoms with Gasteiger partial charge in [0, 0.05) is 30.6 Å². The summed E-state index contributed by atoms with van der Waals surface area (Å²) in [5, 5.41) is 0. The number of anilines is 2. The minimum absolute atomic E-state index is 0.0880. The van der Waals surface area contributed by atoms with Crippen molar-refractivity contribution < 1.29 is 8.78 Å².